The smallest absolute Gasteiger partial charge is 0.151 e. The van der Waals surface area contributed by atoms with Crippen LogP contribution in [-0.2, 0) is 9.84 Å². The van der Waals surface area contributed by atoms with Crippen LogP contribution in [0.15, 0.2) is 28.7 Å². The van der Waals surface area contributed by atoms with E-state index in [-0.39, 0.29) is 23.6 Å². The van der Waals surface area contributed by atoms with Crippen molar-refractivity contribution in [1.29, 1.82) is 0 Å². The first-order valence-corrected chi connectivity index (χ1v) is 8.67. The molecule has 3 nitrogen and oxygen atoms in total. The zero-order valence-electron chi connectivity index (χ0n) is 11.0. The molecule has 0 heterocycles. The maximum atomic E-state index is 11.5. The van der Waals surface area contributed by atoms with Crippen LogP contribution in [0.4, 0.5) is 0 Å². The highest BCUT2D eigenvalue weighted by molar-refractivity contribution is 9.10. The highest BCUT2D eigenvalue weighted by Gasteiger charge is 2.16. The molecule has 5 heteroatoms. The third kappa shape index (κ3) is 5.08. The van der Waals surface area contributed by atoms with E-state index in [9.17, 15) is 8.42 Å². The van der Waals surface area contributed by atoms with Gasteiger partial charge >= 0.3 is 0 Å². The van der Waals surface area contributed by atoms with Crippen molar-refractivity contribution >= 4 is 25.8 Å². The van der Waals surface area contributed by atoms with E-state index < -0.39 is 9.84 Å². The summed E-state index contributed by atoms with van der Waals surface area (Å²) in [6, 6.07) is 8.13. The molecule has 1 aromatic rings. The van der Waals surface area contributed by atoms with Gasteiger partial charge in [0.15, 0.2) is 9.84 Å². The van der Waals surface area contributed by atoms with Crippen molar-refractivity contribution in [3.63, 3.8) is 0 Å². The first-order valence-electron chi connectivity index (χ1n) is 6.06. The van der Waals surface area contributed by atoms with Gasteiger partial charge in [0.2, 0.25) is 0 Å². The van der Waals surface area contributed by atoms with Gasteiger partial charge in [0, 0.05) is 22.3 Å². The van der Waals surface area contributed by atoms with Gasteiger partial charge in [0.05, 0.1) is 5.75 Å². The molecular formula is C13H20BrNO2S. The second kappa shape index (κ2) is 6.68. The molecule has 18 heavy (non-hydrogen) atoms. The number of hydrogen-bond acceptors (Lipinski definition) is 3. The van der Waals surface area contributed by atoms with Crippen LogP contribution in [-0.4, -0.2) is 26.0 Å². The third-order valence-corrected chi connectivity index (χ3v) is 5.26. The Balaban J connectivity index is 2.59. The van der Waals surface area contributed by atoms with E-state index >= 15 is 0 Å². The minimum Gasteiger partial charge on any atom is -0.307 e. The Hall–Kier alpha value is -0.390. The summed E-state index contributed by atoms with van der Waals surface area (Å²) in [4.78, 5) is 0. The number of benzene rings is 1. The van der Waals surface area contributed by atoms with E-state index in [1.165, 1.54) is 0 Å². The number of nitrogens with one attached hydrogen (secondary N) is 1. The quantitative estimate of drug-likeness (QED) is 0.870. The van der Waals surface area contributed by atoms with E-state index in [4.69, 9.17) is 0 Å². The summed E-state index contributed by atoms with van der Waals surface area (Å²) in [6.07, 6.45) is 0. The van der Waals surface area contributed by atoms with Crippen molar-refractivity contribution in [2.75, 3.05) is 11.5 Å². The molecule has 0 saturated heterocycles. The van der Waals surface area contributed by atoms with Gasteiger partial charge in [-0.1, -0.05) is 35.0 Å². The standard InChI is InChI=1S/C13H20BrNO2S/c1-4-18(16,17)9-10(2)15-11(3)12-5-7-13(14)8-6-12/h5-8,10-11,15H,4,9H2,1-3H3. The van der Waals surface area contributed by atoms with Crippen molar-refractivity contribution in [2.45, 2.75) is 32.9 Å². The summed E-state index contributed by atoms with van der Waals surface area (Å²) in [6.45, 7) is 5.63. The van der Waals surface area contributed by atoms with E-state index in [2.05, 4.69) is 21.2 Å². The summed E-state index contributed by atoms with van der Waals surface area (Å²) in [5, 5.41) is 3.31. The van der Waals surface area contributed by atoms with Gasteiger partial charge in [-0.25, -0.2) is 8.42 Å². The van der Waals surface area contributed by atoms with Gasteiger partial charge in [-0.3, -0.25) is 0 Å². The fraction of sp³-hybridized carbons (Fsp3) is 0.538. The molecule has 102 valence electrons. The molecule has 1 N–H and O–H groups in total. The van der Waals surface area contributed by atoms with Crippen LogP contribution in [0.3, 0.4) is 0 Å². The third-order valence-electron chi connectivity index (χ3n) is 2.85. The fourth-order valence-electron chi connectivity index (χ4n) is 1.82. The average molecular weight is 334 g/mol. The molecule has 0 saturated carbocycles. The molecule has 0 bridgehead atoms. The summed E-state index contributed by atoms with van der Waals surface area (Å²) in [5.41, 5.74) is 1.15. The fourth-order valence-corrected chi connectivity index (χ4v) is 3.18. The minimum absolute atomic E-state index is 0.0476. The lowest BCUT2D eigenvalue weighted by Crippen LogP contribution is -2.35. The largest absolute Gasteiger partial charge is 0.307 e. The molecule has 1 rings (SSSR count). The summed E-state index contributed by atoms with van der Waals surface area (Å²) < 4.78 is 24.1. The van der Waals surface area contributed by atoms with Crippen LogP contribution in [0.25, 0.3) is 0 Å². The van der Waals surface area contributed by atoms with Gasteiger partial charge in [-0.05, 0) is 31.5 Å². The molecule has 2 unspecified atom stereocenters. The summed E-state index contributed by atoms with van der Waals surface area (Å²) >= 11 is 3.39. The number of sulfone groups is 1. The molecule has 0 aromatic heterocycles. The summed E-state index contributed by atoms with van der Waals surface area (Å²) in [7, 11) is -2.92. The molecule has 0 aliphatic heterocycles. The Morgan fingerprint density at radius 1 is 1.22 bits per heavy atom. The molecule has 0 aliphatic carbocycles. The van der Waals surface area contributed by atoms with Crippen LogP contribution >= 0.6 is 15.9 Å². The molecule has 0 aliphatic rings. The first kappa shape index (κ1) is 15.7. The minimum atomic E-state index is -2.92. The van der Waals surface area contributed by atoms with E-state index in [1.54, 1.807) is 6.92 Å². The number of rotatable bonds is 6. The zero-order chi connectivity index (χ0) is 13.8. The SMILES string of the molecule is CCS(=O)(=O)CC(C)NC(C)c1ccc(Br)cc1. The maximum absolute atomic E-state index is 11.5. The van der Waals surface area contributed by atoms with Crippen LogP contribution in [0, 0.1) is 0 Å². The molecular weight excluding hydrogens is 314 g/mol. The Kier molecular flexibility index (Phi) is 5.82. The first-order chi connectivity index (χ1) is 8.34. The molecule has 0 radical (unpaired) electrons. The van der Waals surface area contributed by atoms with E-state index in [0.29, 0.717) is 0 Å². The number of hydrogen-bond donors (Lipinski definition) is 1. The molecule has 1 aromatic carbocycles. The van der Waals surface area contributed by atoms with Gasteiger partial charge in [0.1, 0.15) is 0 Å². The second-order valence-electron chi connectivity index (χ2n) is 4.54. The monoisotopic (exact) mass is 333 g/mol. The van der Waals surface area contributed by atoms with Crippen molar-refractivity contribution in [3.8, 4) is 0 Å². The second-order valence-corrected chi connectivity index (χ2v) is 7.85. The highest BCUT2D eigenvalue weighted by atomic mass is 79.9. The predicted octanol–water partition coefficient (Wildman–Crippen LogP) is 2.92. The Morgan fingerprint density at radius 3 is 2.28 bits per heavy atom. The van der Waals surface area contributed by atoms with Crippen LogP contribution in [0.5, 0.6) is 0 Å². The Morgan fingerprint density at radius 2 is 1.78 bits per heavy atom. The lowest BCUT2D eigenvalue weighted by atomic mass is 10.1. The van der Waals surface area contributed by atoms with Crippen molar-refractivity contribution in [3.05, 3.63) is 34.3 Å². The average Bonchev–Trinajstić information content (AvgIpc) is 2.29. The zero-order valence-corrected chi connectivity index (χ0v) is 13.4. The van der Waals surface area contributed by atoms with E-state index in [1.807, 2.05) is 38.1 Å². The predicted molar refractivity (Wildman–Crippen MR) is 79.5 cm³/mol. The van der Waals surface area contributed by atoms with E-state index in [0.717, 1.165) is 10.0 Å². The highest BCUT2D eigenvalue weighted by Crippen LogP contribution is 2.17. The maximum Gasteiger partial charge on any atom is 0.151 e. The van der Waals surface area contributed by atoms with Crippen molar-refractivity contribution in [1.82, 2.24) is 5.32 Å². The van der Waals surface area contributed by atoms with Crippen LogP contribution in [0.1, 0.15) is 32.4 Å². The Labute approximate surface area is 118 Å². The molecule has 0 fully saturated rings. The van der Waals surface area contributed by atoms with Crippen LogP contribution in [0.2, 0.25) is 0 Å². The molecule has 0 spiro atoms. The number of halogens is 1. The topological polar surface area (TPSA) is 46.2 Å². The van der Waals surface area contributed by atoms with Crippen LogP contribution < -0.4 is 5.32 Å². The molecule has 2 atom stereocenters. The lowest BCUT2D eigenvalue weighted by molar-refractivity contribution is 0.500. The molecule has 0 amide bonds. The Bertz CT molecular complexity index is 470. The lowest BCUT2D eigenvalue weighted by Gasteiger charge is -2.20. The summed E-state index contributed by atoms with van der Waals surface area (Å²) in [5.74, 6) is 0.385. The van der Waals surface area contributed by atoms with Gasteiger partial charge < -0.3 is 5.32 Å². The van der Waals surface area contributed by atoms with Crippen molar-refractivity contribution in [2.24, 2.45) is 0 Å². The van der Waals surface area contributed by atoms with Gasteiger partial charge in [-0.15, -0.1) is 0 Å². The van der Waals surface area contributed by atoms with Gasteiger partial charge in [0.25, 0.3) is 0 Å². The van der Waals surface area contributed by atoms with Crippen molar-refractivity contribution < 1.29 is 8.42 Å². The normalized spacial score (nSPS) is 15.3. The van der Waals surface area contributed by atoms with Gasteiger partial charge in [-0.2, -0.15) is 0 Å².